The van der Waals surface area contributed by atoms with Crippen molar-refractivity contribution in [3.8, 4) is 0 Å². The van der Waals surface area contributed by atoms with Gasteiger partial charge in [-0.2, -0.15) is 0 Å². The molecule has 0 saturated heterocycles. The van der Waals surface area contributed by atoms with E-state index in [2.05, 4.69) is 40.3 Å². The minimum Gasteiger partial charge on any atom is -0.481 e. The lowest BCUT2D eigenvalue weighted by atomic mass is 9.41. The van der Waals surface area contributed by atoms with Crippen molar-refractivity contribution in [2.75, 3.05) is 0 Å². The van der Waals surface area contributed by atoms with E-state index in [1.807, 2.05) is 6.92 Å². The van der Waals surface area contributed by atoms with E-state index in [0.717, 1.165) is 70.1 Å². The maximum absolute atomic E-state index is 14.9. The monoisotopic (exact) mass is 588 g/mol. The Morgan fingerprint density at radius 2 is 1.58 bits per heavy atom. The molecule has 0 aromatic rings. The van der Waals surface area contributed by atoms with Crippen LogP contribution < -0.4 is 0 Å². The number of carbonyl (C=O) groups is 2. The Balaban J connectivity index is 1.08. The number of carboxylic acid groups (broad SMARTS) is 1. The standard InChI is InChI=1S/C40H60O3/c1-26-9-13-30-35(2,3)18-7-19-36(30,4)29(26)12-10-27-15-22-39(23-16-27)28-11-14-32-37(5)20-8-21-38(6,34(42)43)31(37)17-24-40(32,25-28)33(39)41/h15,28-32H,1,7-14,16-25H2,2-6H3,(H,42,43)/t28-,29+,30-,31-,32-,36+,37+,38+,39-,40-/m1/s1. The van der Waals surface area contributed by atoms with Crippen molar-refractivity contribution in [3.63, 3.8) is 0 Å². The second kappa shape index (κ2) is 9.81. The first-order valence-corrected chi connectivity index (χ1v) is 18.4. The summed E-state index contributed by atoms with van der Waals surface area (Å²) in [5.74, 6) is 2.56. The van der Waals surface area contributed by atoms with Gasteiger partial charge in [-0.1, -0.05) is 64.3 Å². The summed E-state index contributed by atoms with van der Waals surface area (Å²) in [6.45, 7) is 16.7. The van der Waals surface area contributed by atoms with Crippen molar-refractivity contribution in [3.05, 3.63) is 23.8 Å². The molecule has 0 aromatic heterocycles. The molecule has 7 rings (SSSR count). The summed E-state index contributed by atoms with van der Waals surface area (Å²) in [4.78, 5) is 27.4. The molecule has 1 N–H and O–H groups in total. The molecular weight excluding hydrogens is 528 g/mol. The van der Waals surface area contributed by atoms with Gasteiger partial charge < -0.3 is 5.11 Å². The van der Waals surface area contributed by atoms with Crippen molar-refractivity contribution in [1.82, 2.24) is 0 Å². The van der Waals surface area contributed by atoms with Crippen LogP contribution in [0.2, 0.25) is 0 Å². The highest BCUT2D eigenvalue weighted by atomic mass is 16.4. The molecule has 0 amide bonds. The smallest absolute Gasteiger partial charge is 0.309 e. The molecule has 2 bridgehead atoms. The molecule has 0 radical (unpaired) electrons. The van der Waals surface area contributed by atoms with Crippen LogP contribution >= 0.6 is 0 Å². The van der Waals surface area contributed by atoms with Gasteiger partial charge >= 0.3 is 5.97 Å². The van der Waals surface area contributed by atoms with Crippen LogP contribution in [0.15, 0.2) is 23.8 Å². The second-order valence-corrected chi connectivity index (χ2v) is 18.6. The minimum atomic E-state index is -0.638. The van der Waals surface area contributed by atoms with Gasteiger partial charge in [0.1, 0.15) is 5.78 Å². The average molecular weight is 589 g/mol. The van der Waals surface area contributed by atoms with Gasteiger partial charge in [-0.25, -0.2) is 0 Å². The number of allylic oxidation sites excluding steroid dienone is 3. The molecule has 7 aliphatic carbocycles. The fourth-order valence-electron chi connectivity index (χ4n) is 14.6. The maximum Gasteiger partial charge on any atom is 0.309 e. The topological polar surface area (TPSA) is 54.4 Å². The van der Waals surface area contributed by atoms with E-state index in [1.54, 1.807) is 5.57 Å². The highest BCUT2D eigenvalue weighted by molar-refractivity contribution is 5.94. The molecule has 0 heterocycles. The van der Waals surface area contributed by atoms with Crippen LogP contribution in [0, 0.1) is 62.1 Å². The first-order chi connectivity index (χ1) is 20.2. The molecular formula is C40H60O3. The van der Waals surface area contributed by atoms with Gasteiger partial charge in [0.2, 0.25) is 0 Å². The fraction of sp³-hybridized carbons (Fsp3) is 0.850. The molecule has 238 valence electrons. The summed E-state index contributed by atoms with van der Waals surface area (Å²) < 4.78 is 0. The van der Waals surface area contributed by atoms with Crippen LogP contribution in [0.1, 0.15) is 150 Å². The number of aliphatic carboxylic acids is 1. The van der Waals surface area contributed by atoms with Crippen LogP contribution in [0.3, 0.4) is 0 Å². The Labute approximate surface area is 262 Å². The zero-order valence-electron chi connectivity index (χ0n) is 28.2. The number of rotatable bonds is 4. The Morgan fingerprint density at radius 3 is 2.30 bits per heavy atom. The van der Waals surface area contributed by atoms with Crippen molar-refractivity contribution < 1.29 is 14.7 Å². The molecule has 6 saturated carbocycles. The molecule has 7 aliphatic rings. The lowest BCUT2D eigenvalue weighted by molar-refractivity contribution is -0.182. The molecule has 3 heteroatoms. The van der Waals surface area contributed by atoms with E-state index >= 15 is 0 Å². The highest BCUT2D eigenvalue weighted by Crippen LogP contribution is 2.74. The average Bonchev–Trinajstić information content (AvgIpc) is 3.10. The van der Waals surface area contributed by atoms with Crippen LogP contribution in [0.4, 0.5) is 0 Å². The summed E-state index contributed by atoms with van der Waals surface area (Å²) in [6.07, 6.45) is 22.9. The third-order valence-electron chi connectivity index (χ3n) is 16.6. The van der Waals surface area contributed by atoms with Crippen molar-refractivity contribution in [2.24, 2.45) is 62.1 Å². The number of hydrogen-bond acceptors (Lipinski definition) is 2. The summed E-state index contributed by atoms with van der Waals surface area (Å²) >= 11 is 0. The fourth-order valence-corrected chi connectivity index (χ4v) is 14.6. The van der Waals surface area contributed by atoms with E-state index in [9.17, 15) is 14.7 Å². The summed E-state index contributed by atoms with van der Waals surface area (Å²) in [5.41, 5.74) is 2.98. The van der Waals surface area contributed by atoms with Gasteiger partial charge in [-0.15, -0.1) is 0 Å². The summed E-state index contributed by atoms with van der Waals surface area (Å²) in [7, 11) is 0. The van der Waals surface area contributed by atoms with E-state index in [1.165, 1.54) is 56.9 Å². The lowest BCUT2D eigenvalue weighted by Crippen LogP contribution is -2.59. The number of hydrogen-bond donors (Lipinski definition) is 1. The normalized spacial score (nSPS) is 50.4. The first kappa shape index (κ1) is 30.3. The van der Waals surface area contributed by atoms with Gasteiger partial charge in [0.25, 0.3) is 0 Å². The number of carbonyl (C=O) groups excluding carboxylic acids is 1. The molecule has 0 aliphatic heterocycles. The third kappa shape index (κ3) is 4.03. The Morgan fingerprint density at radius 1 is 0.837 bits per heavy atom. The molecule has 0 aromatic carbocycles. The van der Waals surface area contributed by atoms with Gasteiger partial charge in [0.05, 0.1) is 5.41 Å². The van der Waals surface area contributed by atoms with Gasteiger partial charge in [0, 0.05) is 10.8 Å². The first-order valence-electron chi connectivity index (χ1n) is 18.4. The van der Waals surface area contributed by atoms with Crippen LogP contribution in [-0.4, -0.2) is 16.9 Å². The van der Waals surface area contributed by atoms with Gasteiger partial charge in [0.15, 0.2) is 0 Å². The largest absolute Gasteiger partial charge is 0.481 e. The number of carboxylic acids is 1. The molecule has 3 nitrogen and oxygen atoms in total. The lowest BCUT2D eigenvalue weighted by Gasteiger charge is -2.62. The summed E-state index contributed by atoms with van der Waals surface area (Å²) in [5, 5.41) is 10.3. The minimum absolute atomic E-state index is 0.0183. The van der Waals surface area contributed by atoms with Crippen LogP contribution in [0.5, 0.6) is 0 Å². The second-order valence-electron chi connectivity index (χ2n) is 18.6. The zero-order valence-corrected chi connectivity index (χ0v) is 28.2. The van der Waals surface area contributed by atoms with E-state index in [0.29, 0.717) is 34.4 Å². The van der Waals surface area contributed by atoms with E-state index in [-0.39, 0.29) is 22.2 Å². The number of ketones is 1. The quantitative estimate of drug-likeness (QED) is 0.332. The Bertz CT molecular complexity index is 1240. The third-order valence-corrected chi connectivity index (χ3v) is 16.6. The van der Waals surface area contributed by atoms with Crippen molar-refractivity contribution >= 4 is 11.8 Å². The number of fused-ring (bicyclic) bond motifs is 5. The maximum atomic E-state index is 14.9. The molecule has 2 spiro atoms. The predicted octanol–water partition coefficient (Wildman–Crippen LogP) is 10.3. The van der Waals surface area contributed by atoms with Gasteiger partial charge in [-0.05, 0) is 155 Å². The molecule has 0 unspecified atom stereocenters. The molecule has 6 fully saturated rings. The predicted molar refractivity (Wildman–Crippen MR) is 173 cm³/mol. The van der Waals surface area contributed by atoms with Crippen molar-refractivity contribution in [2.45, 2.75) is 150 Å². The van der Waals surface area contributed by atoms with Crippen LogP contribution in [-0.2, 0) is 9.59 Å². The molecule has 10 atom stereocenters. The number of Topliss-reactive ketones (excluding diaryl/α,β-unsaturated/α-hetero) is 1. The van der Waals surface area contributed by atoms with Gasteiger partial charge in [-0.3, -0.25) is 9.59 Å². The zero-order chi connectivity index (χ0) is 30.6. The Hall–Kier alpha value is -1.38. The van der Waals surface area contributed by atoms with E-state index < -0.39 is 11.4 Å². The Kier molecular flexibility index (Phi) is 6.91. The summed E-state index contributed by atoms with van der Waals surface area (Å²) in [6, 6.07) is 0. The SMILES string of the molecule is C=C1CC[C@@H]2C(C)(C)CCC[C@@]2(C)[C@H]1CCC1=CC[C@]2(CC1)C(=O)[C@@]13CC[C@@H]4[C@](C)(CCC[C@]4(C)C(=O)O)[C@H]1CC[C@@H]2C3. The van der Waals surface area contributed by atoms with Crippen LogP contribution in [0.25, 0.3) is 0 Å². The molecule has 43 heavy (non-hydrogen) atoms. The highest BCUT2D eigenvalue weighted by Gasteiger charge is 2.72. The van der Waals surface area contributed by atoms with E-state index in [4.69, 9.17) is 0 Å². The van der Waals surface area contributed by atoms with Crippen molar-refractivity contribution in [1.29, 1.82) is 0 Å².